The summed E-state index contributed by atoms with van der Waals surface area (Å²) in [5.74, 6) is 0.585. The molecule has 1 heterocycles. The van der Waals surface area contributed by atoms with Crippen molar-refractivity contribution in [1.82, 2.24) is 4.90 Å². The molecule has 1 N–H and O–H groups in total. The molecule has 84 valence electrons. The van der Waals surface area contributed by atoms with E-state index in [9.17, 15) is 5.11 Å². The first-order valence-electron chi connectivity index (χ1n) is 5.35. The Morgan fingerprint density at radius 2 is 1.79 bits per heavy atom. The van der Waals surface area contributed by atoms with Gasteiger partial charge in [0.05, 0.1) is 0 Å². The van der Waals surface area contributed by atoms with Crippen LogP contribution < -0.4 is 0 Å². The summed E-state index contributed by atoms with van der Waals surface area (Å²) in [6.07, 6.45) is 2.04. The van der Waals surface area contributed by atoms with E-state index in [1.807, 2.05) is 0 Å². The second kappa shape index (κ2) is 4.38. The Morgan fingerprint density at radius 3 is 2.07 bits per heavy atom. The minimum Gasteiger partial charge on any atom is -0.396 e. The minimum atomic E-state index is -0.0106. The number of nitrogens with zero attached hydrogens (tertiary/aromatic N) is 1. The molecule has 0 aliphatic carbocycles. The topological polar surface area (TPSA) is 23.5 Å². The van der Waals surface area contributed by atoms with Crippen LogP contribution in [0.5, 0.6) is 0 Å². The van der Waals surface area contributed by atoms with E-state index in [1.165, 1.54) is 0 Å². The van der Waals surface area contributed by atoms with Gasteiger partial charge in [-0.15, -0.1) is 11.6 Å². The summed E-state index contributed by atoms with van der Waals surface area (Å²) < 4.78 is 0. The molecule has 2 nitrogen and oxygen atoms in total. The lowest BCUT2D eigenvalue weighted by Gasteiger charge is -2.45. The van der Waals surface area contributed by atoms with Gasteiger partial charge >= 0.3 is 0 Å². The van der Waals surface area contributed by atoms with Crippen LogP contribution in [0.1, 0.15) is 33.6 Å². The highest BCUT2D eigenvalue weighted by molar-refractivity contribution is 6.18. The second-order valence-corrected chi connectivity index (χ2v) is 5.72. The standard InChI is InChI=1S/C11H22ClNO/c1-10(2,3)13-6-4-11(8-12,9-14)5-7-13/h14H,4-9H2,1-3H3. The third-order valence-corrected chi connectivity index (χ3v) is 3.96. The summed E-state index contributed by atoms with van der Waals surface area (Å²) in [7, 11) is 0. The van der Waals surface area contributed by atoms with Crippen LogP contribution in [0.25, 0.3) is 0 Å². The van der Waals surface area contributed by atoms with E-state index >= 15 is 0 Å². The first-order valence-corrected chi connectivity index (χ1v) is 5.89. The number of hydrogen-bond acceptors (Lipinski definition) is 2. The lowest BCUT2D eigenvalue weighted by Crippen LogP contribution is -2.50. The highest BCUT2D eigenvalue weighted by Gasteiger charge is 2.36. The molecule has 3 heteroatoms. The third kappa shape index (κ3) is 2.62. The molecular weight excluding hydrogens is 198 g/mol. The molecule has 0 radical (unpaired) electrons. The fourth-order valence-electron chi connectivity index (χ4n) is 1.99. The Morgan fingerprint density at radius 1 is 1.29 bits per heavy atom. The Balaban J connectivity index is 2.53. The van der Waals surface area contributed by atoms with Gasteiger partial charge in [0.2, 0.25) is 0 Å². The quantitative estimate of drug-likeness (QED) is 0.720. The number of likely N-dealkylation sites (tertiary alicyclic amines) is 1. The molecule has 0 bridgehead atoms. The number of piperidine rings is 1. The van der Waals surface area contributed by atoms with Crippen molar-refractivity contribution >= 4 is 11.6 Å². The Kier molecular flexibility index (Phi) is 3.84. The number of alkyl halides is 1. The van der Waals surface area contributed by atoms with Crippen molar-refractivity contribution < 1.29 is 5.11 Å². The van der Waals surface area contributed by atoms with Gasteiger partial charge in [-0.1, -0.05) is 0 Å². The summed E-state index contributed by atoms with van der Waals surface area (Å²) in [6.45, 7) is 9.04. The fraction of sp³-hybridized carbons (Fsp3) is 1.00. The van der Waals surface area contributed by atoms with Crippen LogP contribution in [0.4, 0.5) is 0 Å². The average Bonchev–Trinajstić information content (AvgIpc) is 2.16. The molecular formula is C11H22ClNO. The maximum Gasteiger partial charge on any atom is 0.0499 e. The Labute approximate surface area is 92.2 Å². The molecule has 1 saturated heterocycles. The SMILES string of the molecule is CC(C)(C)N1CCC(CO)(CCl)CC1. The number of aliphatic hydroxyl groups is 1. The maximum atomic E-state index is 9.33. The van der Waals surface area contributed by atoms with Crippen LogP contribution in [0, 0.1) is 5.41 Å². The van der Waals surface area contributed by atoms with Gasteiger partial charge < -0.3 is 5.11 Å². The van der Waals surface area contributed by atoms with Crippen molar-refractivity contribution in [3.05, 3.63) is 0 Å². The molecule has 1 aliphatic heterocycles. The molecule has 0 amide bonds. The third-order valence-electron chi connectivity index (χ3n) is 3.39. The summed E-state index contributed by atoms with van der Waals surface area (Å²) in [4.78, 5) is 2.47. The highest BCUT2D eigenvalue weighted by atomic mass is 35.5. The number of hydrogen-bond donors (Lipinski definition) is 1. The van der Waals surface area contributed by atoms with Crippen LogP contribution in [-0.4, -0.2) is 41.1 Å². The van der Waals surface area contributed by atoms with E-state index in [0.717, 1.165) is 25.9 Å². The van der Waals surface area contributed by atoms with E-state index in [1.54, 1.807) is 0 Å². The Bertz CT molecular complexity index is 174. The molecule has 0 aromatic heterocycles. The van der Waals surface area contributed by atoms with Gasteiger partial charge in [0.1, 0.15) is 0 Å². The predicted molar refractivity (Wildman–Crippen MR) is 60.8 cm³/mol. The molecule has 0 saturated carbocycles. The molecule has 1 fully saturated rings. The van der Waals surface area contributed by atoms with Crippen LogP contribution in [0.2, 0.25) is 0 Å². The van der Waals surface area contributed by atoms with Crippen LogP contribution >= 0.6 is 11.6 Å². The van der Waals surface area contributed by atoms with Gasteiger partial charge in [0, 0.05) is 23.4 Å². The fourth-order valence-corrected chi connectivity index (χ4v) is 2.34. The van der Waals surface area contributed by atoms with E-state index < -0.39 is 0 Å². The van der Waals surface area contributed by atoms with Crippen LogP contribution in [0.15, 0.2) is 0 Å². The van der Waals surface area contributed by atoms with E-state index in [-0.39, 0.29) is 17.6 Å². The minimum absolute atomic E-state index is 0.0106. The number of aliphatic hydroxyl groups excluding tert-OH is 1. The summed E-state index contributed by atoms with van der Waals surface area (Å²) in [5, 5.41) is 9.33. The zero-order chi connectivity index (χ0) is 10.8. The van der Waals surface area contributed by atoms with Gasteiger partial charge in [-0.2, -0.15) is 0 Å². The van der Waals surface area contributed by atoms with Gasteiger partial charge in [0.15, 0.2) is 0 Å². The molecule has 0 spiro atoms. The number of rotatable bonds is 2. The van der Waals surface area contributed by atoms with Crippen molar-refractivity contribution in [2.45, 2.75) is 39.2 Å². The molecule has 0 aromatic rings. The summed E-state index contributed by atoms with van der Waals surface area (Å²) in [6, 6.07) is 0. The number of halogens is 1. The van der Waals surface area contributed by atoms with Gasteiger partial charge in [-0.25, -0.2) is 0 Å². The predicted octanol–water partition coefficient (Wildman–Crippen LogP) is 2.10. The summed E-state index contributed by atoms with van der Waals surface area (Å²) in [5.41, 5.74) is 0.233. The lowest BCUT2D eigenvalue weighted by molar-refractivity contribution is 0.0215. The van der Waals surface area contributed by atoms with Gasteiger partial charge in [-0.3, -0.25) is 4.90 Å². The van der Waals surface area contributed by atoms with E-state index in [0.29, 0.717) is 5.88 Å². The average molecular weight is 220 g/mol. The van der Waals surface area contributed by atoms with E-state index in [4.69, 9.17) is 11.6 Å². The first kappa shape index (κ1) is 12.3. The Hall–Kier alpha value is 0.210. The largest absolute Gasteiger partial charge is 0.396 e. The molecule has 14 heavy (non-hydrogen) atoms. The van der Waals surface area contributed by atoms with Crippen LogP contribution in [-0.2, 0) is 0 Å². The normalized spacial score (nSPS) is 23.8. The van der Waals surface area contributed by atoms with Crippen molar-refractivity contribution in [2.24, 2.45) is 5.41 Å². The molecule has 1 rings (SSSR count). The molecule has 0 unspecified atom stereocenters. The second-order valence-electron chi connectivity index (χ2n) is 5.45. The first-order chi connectivity index (χ1) is 6.43. The van der Waals surface area contributed by atoms with Crippen molar-refractivity contribution in [3.63, 3.8) is 0 Å². The highest BCUT2D eigenvalue weighted by Crippen LogP contribution is 2.34. The van der Waals surface area contributed by atoms with Crippen LogP contribution in [0.3, 0.4) is 0 Å². The monoisotopic (exact) mass is 219 g/mol. The zero-order valence-electron chi connectivity index (χ0n) is 9.52. The molecule has 1 aliphatic rings. The molecule has 0 atom stereocenters. The van der Waals surface area contributed by atoms with Crippen molar-refractivity contribution in [2.75, 3.05) is 25.6 Å². The lowest BCUT2D eigenvalue weighted by atomic mass is 9.80. The van der Waals surface area contributed by atoms with Crippen molar-refractivity contribution in [1.29, 1.82) is 0 Å². The van der Waals surface area contributed by atoms with Crippen molar-refractivity contribution in [3.8, 4) is 0 Å². The van der Waals surface area contributed by atoms with E-state index in [2.05, 4.69) is 25.7 Å². The van der Waals surface area contributed by atoms with Gasteiger partial charge in [-0.05, 0) is 46.7 Å². The maximum absolute atomic E-state index is 9.33. The van der Waals surface area contributed by atoms with Gasteiger partial charge in [0.25, 0.3) is 0 Å². The zero-order valence-corrected chi connectivity index (χ0v) is 10.3. The molecule has 0 aromatic carbocycles. The summed E-state index contributed by atoms with van der Waals surface area (Å²) >= 11 is 5.92. The smallest absolute Gasteiger partial charge is 0.0499 e.